The Morgan fingerprint density at radius 2 is 1.97 bits per heavy atom. The Balaban J connectivity index is 1.30. The van der Waals surface area contributed by atoms with Crippen LogP contribution in [-0.4, -0.2) is 32.4 Å². The number of hydrogen-bond acceptors (Lipinski definition) is 5. The van der Waals surface area contributed by atoms with Crippen LogP contribution in [0.3, 0.4) is 0 Å². The molecule has 1 aromatic heterocycles. The maximum atomic E-state index is 12.4. The molecule has 4 rings (SSSR count). The predicted molar refractivity (Wildman–Crippen MR) is 115 cm³/mol. The van der Waals surface area contributed by atoms with Crippen LogP contribution in [0.4, 0.5) is 0 Å². The standard InChI is InChI=1S/C21H23N3O3S2/c25-21(22-12-4-9-20-24-18-7-1-2-8-19(18)28-20)16-5-3-6-17(13-16)29(26,27)23-14-15-10-11-15/h1-3,5-8,13,15,23H,4,9-12,14H2,(H,22,25). The largest absolute Gasteiger partial charge is 0.352 e. The number of sulfonamides is 1. The van der Waals surface area contributed by atoms with Crippen molar-refractivity contribution >= 4 is 37.5 Å². The highest BCUT2D eigenvalue weighted by Crippen LogP contribution is 2.28. The van der Waals surface area contributed by atoms with Gasteiger partial charge in [0, 0.05) is 25.1 Å². The second-order valence-corrected chi connectivity index (χ2v) is 10.1. The summed E-state index contributed by atoms with van der Waals surface area (Å²) < 4.78 is 28.5. The molecule has 29 heavy (non-hydrogen) atoms. The van der Waals surface area contributed by atoms with E-state index in [9.17, 15) is 13.2 Å². The van der Waals surface area contributed by atoms with E-state index in [1.54, 1.807) is 23.5 Å². The molecule has 0 atom stereocenters. The molecule has 3 aromatic rings. The SMILES string of the molecule is O=C(NCCCc1nc2ccccc2s1)c1cccc(S(=O)(=O)NCC2CC2)c1. The van der Waals surface area contributed by atoms with Crippen LogP contribution in [0.2, 0.25) is 0 Å². The van der Waals surface area contributed by atoms with Gasteiger partial charge in [0.2, 0.25) is 10.0 Å². The minimum absolute atomic E-state index is 0.125. The summed E-state index contributed by atoms with van der Waals surface area (Å²) in [6.07, 6.45) is 3.70. The smallest absolute Gasteiger partial charge is 0.251 e. The number of rotatable bonds is 9. The number of nitrogens with zero attached hydrogens (tertiary/aromatic N) is 1. The first-order chi connectivity index (χ1) is 14.0. The van der Waals surface area contributed by atoms with Crippen LogP contribution in [0.15, 0.2) is 53.4 Å². The van der Waals surface area contributed by atoms with Gasteiger partial charge in [-0.15, -0.1) is 11.3 Å². The molecule has 0 radical (unpaired) electrons. The zero-order valence-electron chi connectivity index (χ0n) is 15.9. The van der Waals surface area contributed by atoms with Gasteiger partial charge in [-0.2, -0.15) is 0 Å². The normalized spacial score (nSPS) is 14.2. The van der Waals surface area contributed by atoms with Gasteiger partial charge in [0.05, 0.1) is 20.1 Å². The number of fused-ring (bicyclic) bond motifs is 1. The monoisotopic (exact) mass is 429 g/mol. The average molecular weight is 430 g/mol. The Kier molecular flexibility index (Phi) is 5.94. The third-order valence-electron chi connectivity index (χ3n) is 4.86. The summed E-state index contributed by atoms with van der Waals surface area (Å²) in [5, 5.41) is 3.92. The lowest BCUT2D eigenvalue weighted by Crippen LogP contribution is -2.27. The lowest BCUT2D eigenvalue weighted by atomic mass is 10.2. The highest BCUT2D eigenvalue weighted by Gasteiger charge is 2.24. The highest BCUT2D eigenvalue weighted by atomic mass is 32.2. The summed E-state index contributed by atoms with van der Waals surface area (Å²) >= 11 is 1.67. The van der Waals surface area contributed by atoms with Crippen LogP contribution >= 0.6 is 11.3 Å². The molecule has 1 aliphatic rings. The van der Waals surface area contributed by atoms with Crippen LogP contribution in [0.5, 0.6) is 0 Å². The molecule has 6 nitrogen and oxygen atoms in total. The van der Waals surface area contributed by atoms with Crippen molar-refractivity contribution in [3.8, 4) is 0 Å². The van der Waals surface area contributed by atoms with Crippen molar-refractivity contribution in [3.05, 3.63) is 59.1 Å². The number of hydrogen-bond donors (Lipinski definition) is 2. The second kappa shape index (κ2) is 8.61. The van der Waals surface area contributed by atoms with Gasteiger partial charge < -0.3 is 5.32 Å². The Morgan fingerprint density at radius 1 is 1.14 bits per heavy atom. The van der Waals surface area contributed by atoms with E-state index in [4.69, 9.17) is 0 Å². The molecule has 1 saturated carbocycles. The molecular weight excluding hydrogens is 406 g/mol. The van der Waals surface area contributed by atoms with Crippen molar-refractivity contribution in [2.45, 2.75) is 30.6 Å². The van der Waals surface area contributed by atoms with Gasteiger partial charge in [-0.25, -0.2) is 18.1 Å². The molecule has 1 heterocycles. The van der Waals surface area contributed by atoms with Crippen molar-refractivity contribution in [2.24, 2.45) is 5.92 Å². The first-order valence-corrected chi connectivity index (χ1v) is 12.0. The van der Waals surface area contributed by atoms with Crippen molar-refractivity contribution in [2.75, 3.05) is 13.1 Å². The van der Waals surface area contributed by atoms with E-state index in [0.29, 0.717) is 24.6 Å². The van der Waals surface area contributed by atoms with Gasteiger partial charge >= 0.3 is 0 Å². The van der Waals surface area contributed by atoms with Crippen LogP contribution in [0, 0.1) is 5.92 Å². The molecule has 1 aliphatic carbocycles. The van der Waals surface area contributed by atoms with Crippen molar-refractivity contribution in [1.29, 1.82) is 0 Å². The van der Waals surface area contributed by atoms with Gasteiger partial charge in [0.1, 0.15) is 0 Å². The number of thiazole rings is 1. The third kappa shape index (κ3) is 5.20. The van der Waals surface area contributed by atoms with Gasteiger partial charge in [0.15, 0.2) is 0 Å². The van der Waals surface area contributed by atoms with Gasteiger partial charge in [-0.05, 0) is 55.5 Å². The Hall–Kier alpha value is -2.29. The molecule has 2 aromatic carbocycles. The molecule has 0 bridgehead atoms. The summed E-state index contributed by atoms with van der Waals surface area (Å²) in [6, 6.07) is 14.2. The van der Waals surface area contributed by atoms with Crippen molar-refractivity contribution in [3.63, 3.8) is 0 Å². The lowest BCUT2D eigenvalue weighted by Gasteiger charge is -2.08. The van der Waals surface area contributed by atoms with Crippen molar-refractivity contribution < 1.29 is 13.2 Å². The fourth-order valence-electron chi connectivity index (χ4n) is 3.01. The van der Waals surface area contributed by atoms with E-state index in [0.717, 1.165) is 36.2 Å². The quantitative estimate of drug-likeness (QED) is 0.511. The summed E-state index contributed by atoms with van der Waals surface area (Å²) in [5.41, 5.74) is 1.35. The maximum absolute atomic E-state index is 12.4. The number of amides is 1. The van der Waals surface area contributed by atoms with E-state index in [1.165, 1.54) is 16.8 Å². The summed E-state index contributed by atoms with van der Waals surface area (Å²) in [7, 11) is -3.58. The molecular formula is C21H23N3O3S2. The van der Waals surface area contributed by atoms with E-state index in [-0.39, 0.29) is 10.8 Å². The van der Waals surface area contributed by atoms with Gasteiger partial charge in [-0.3, -0.25) is 4.79 Å². The fourth-order valence-corrected chi connectivity index (χ4v) is 5.18. The Morgan fingerprint density at radius 3 is 2.76 bits per heavy atom. The molecule has 2 N–H and O–H groups in total. The number of nitrogens with one attached hydrogen (secondary N) is 2. The number of carbonyl (C=O) groups excluding carboxylic acids is 1. The Bertz CT molecular complexity index is 1090. The lowest BCUT2D eigenvalue weighted by molar-refractivity contribution is 0.0953. The van der Waals surface area contributed by atoms with E-state index < -0.39 is 10.0 Å². The minimum atomic E-state index is -3.58. The van der Waals surface area contributed by atoms with Crippen LogP contribution in [0.25, 0.3) is 10.2 Å². The zero-order chi connectivity index (χ0) is 20.3. The molecule has 0 saturated heterocycles. The minimum Gasteiger partial charge on any atom is -0.352 e. The Labute approximate surface area is 174 Å². The topological polar surface area (TPSA) is 88.2 Å². The second-order valence-electron chi connectivity index (χ2n) is 7.26. The number of carbonyl (C=O) groups is 1. The average Bonchev–Trinajstić information content (AvgIpc) is 3.47. The summed E-state index contributed by atoms with van der Waals surface area (Å²) in [6.45, 7) is 0.968. The molecule has 0 aliphatic heterocycles. The van der Waals surface area contributed by atoms with E-state index >= 15 is 0 Å². The number of benzene rings is 2. The van der Waals surface area contributed by atoms with Gasteiger partial charge in [-0.1, -0.05) is 18.2 Å². The molecule has 8 heteroatoms. The number of aryl methyl sites for hydroxylation is 1. The van der Waals surface area contributed by atoms with Gasteiger partial charge in [0.25, 0.3) is 5.91 Å². The van der Waals surface area contributed by atoms with Crippen LogP contribution in [0.1, 0.15) is 34.6 Å². The molecule has 1 fully saturated rings. The number of aromatic nitrogens is 1. The van der Waals surface area contributed by atoms with Crippen molar-refractivity contribution in [1.82, 2.24) is 15.0 Å². The molecule has 1 amide bonds. The number of para-hydroxylation sites is 1. The first kappa shape index (κ1) is 20.0. The first-order valence-electron chi connectivity index (χ1n) is 9.74. The van der Waals surface area contributed by atoms with E-state index in [1.807, 2.05) is 18.2 Å². The predicted octanol–water partition coefficient (Wildman–Crippen LogP) is 3.35. The fraction of sp³-hybridized carbons (Fsp3) is 0.333. The molecule has 152 valence electrons. The highest BCUT2D eigenvalue weighted by molar-refractivity contribution is 7.89. The summed E-state index contributed by atoms with van der Waals surface area (Å²) in [4.78, 5) is 17.1. The molecule has 0 unspecified atom stereocenters. The zero-order valence-corrected chi connectivity index (χ0v) is 17.6. The van der Waals surface area contributed by atoms with Crippen LogP contribution < -0.4 is 10.0 Å². The maximum Gasteiger partial charge on any atom is 0.251 e. The molecule has 0 spiro atoms. The van der Waals surface area contributed by atoms with E-state index in [2.05, 4.69) is 21.1 Å². The summed E-state index contributed by atoms with van der Waals surface area (Å²) in [5.74, 6) is 0.181. The van der Waals surface area contributed by atoms with Crippen LogP contribution in [-0.2, 0) is 16.4 Å². The third-order valence-corrected chi connectivity index (χ3v) is 7.37.